The summed E-state index contributed by atoms with van der Waals surface area (Å²) in [6.07, 6.45) is 2.74. The fourth-order valence-electron chi connectivity index (χ4n) is 2.28. The Morgan fingerprint density at radius 2 is 2.20 bits per heavy atom. The number of hydrogen-bond donors (Lipinski definition) is 0. The minimum absolute atomic E-state index is 0.436. The summed E-state index contributed by atoms with van der Waals surface area (Å²) in [6.45, 7) is 3.52. The lowest BCUT2D eigenvalue weighted by molar-refractivity contribution is 0.322. The number of fused-ring (bicyclic) bond motifs is 1. The van der Waals surface area contributed by atoms with Crippen molar-refractivity contribution < 1.29 is 4.74 Å². The molecule has 20 heavy (non-hydrogen) atoms. The molecule has 0 bridgehead atoms. The summed E-state index contributed by atoms with van der Waals surface area (Å²) >= 11 is 5.86. The number of anilines is 2. The molecule has 104 valence electrons. The van der Waals surface area contributed by atoms with Gasteiger partial charge in [0.25, 0.3) is 0 Å². The molecule has 4 nitrogen and oxygen atoms in total. The van der Waals surface area contributed by atoms with Gasteiger partial charge in [-0.2, -0.15) is 0 Å². The Bertz CT molecular complexity index is 618. The van der Waals surface area contributed by atoms with Gasteiger partial charge in [-0.25, -0.2) is 9.97 Å². The van der Waals surface area contributed by atoms with E-state index >= 15 is 0 Å². The fraction of sp³-hybridized carbons (Fsp3) is 0.333. The van der Waals surface area contributed by atoms with E-state index in [1.165, 1.54) is 0 Å². The topological polar surface area (TPSA) is 38.2 Å². The number of nitrogens with zero attached hydrogens (tertiary/aromatic N) is 3. The van der Waals surface area contributed by atoms with Gasteiger partial charge in [0.1, 0.15) is 5.75 Å². The zero-order valence-corrected chi connectivity index (χ0v) is 12.1. The van der Waals surface area contributed by atoms with Gasteiger partial charge in [0.15, 0.2) is 0 Å². The average Bonchev–Trinajstić information content (AvgIpc) is 2.69. The van der Waals surface area contributed by atoms with Crippen LogP contribution in [0.4, 0.5) is 11.6 Å². The van der Waals surface area contributed by atoms with E-state index < -0.39 is 0 Å². The third kappa shape index (κ3) is 2.43. The van der Waals surface area contributed by atoms with Crippen LogP contribution < -0.4 is 9.64 Å². The summed E-state index contributed by atoms with van der Waals surface area (Å²) in [4.78, 5) is 11.1. The normalized spacial score (nSPS) is 14.4. The quantitative estimate of drug-likeness (QED) is 0.794. The van der Waals surface area contributed by atoms with E-state index in [4.69, 9.17) is 16.3 Å². The number of para-hydroxylation sites is 2. The van der Waals surface area contributed by atoms with Crippen molar-refractivity contribution in [1.29, 1.82) is 0 Å². The Hall–Kier alpha value is -1.81. The molecule has 0 N–H and O–H groups in total. The maximum atomic E-state index is 5.86. The molecule has 3 rings (SSSR count). The molecule has 0 unspecified atom stereocenters. The lowest BCUT2D eigenvalue weighted by Crippen LogP contribution is -2.20. The molecule has 2 heterocycles. The molecule has 2 aromatic rings. The SMILES string of the molecule is Cc1nc(N2CCCOc3ccccc32)ncc1CCl. The molecule has 0 radical (unpaired) electrons. The van der Waals surface area contributed by atoms with Gasteiger partial charge < -0.3 is 9.64 Å². The van der Waals surface area contributed by atoms with Crippen molar-refractivity contribution in [2.24, 2.45) is 0 Å². The molecule has 0 atom stereocenters. The van der Waals surface area contributed by atoms with Crippen molar-refractivity contribution in [3.05, 3.63) is 41.7 Å². The molecular formula is C15H16ClN3O. The highest BCUT2D eigenvalue weighted by atomic mass is 35.5. The van der Waals surface area contributed by atoms with E-state index in [0.29, 0.717) is 18.4 Å². The van der Waals surface area contributed by atoms with Crippen LogP contribution in [0.15, 0.2) is 30.5 Å². The standard InChI is InChI=1S/C15H16ClN3O/c1-11-12(9-16)10-17-15(18-11)19-7-4-8-20-14-6-3-2-5-13(14)19/h2-3,5-6,10H,4,7-9H2,1H3. The highest BCUT2D eigenvalue weighted by Gasteiger charge is 2.19. The number of aryl methyl sites for hydroxylation is 1. The summed E-state index contributed by atoms with van der Waals surface area (Å²) in [5, 5.41) is 0. The first kappa shape index (κ1) is 13.2. The van der Waals surface area contributed by atoms with Crippen molar-refractivity contribution in [1.82, 2.24) is 9.97 Å². The molecule has 0 saturated carbocycles. The van der Waals surface area contributed by atoms with E-state index in [9.17, 15) is 0 Å². The van der Waals surface area contributed by atoms with Crippen LogP contribution in [-0.2, 0) is 5.88 Å². The largest absolute Gasteiger partial charge is 0.491 e. The van der Waals surface area contributed by atoms with Gasteiger partial charge in [-0.1, -0.05) is 12.1 Å². The lowest BCUT2D eigenvalue weighted by Gasteiger charge is -2.22. The van der Waals surface area contributed by atoms with Gasteiger partial charge in [-0.3, -0.25) is 0 Å². The van der Waals surface area contributed by atoms with Crippen LogP contribution in [0.2, 0.25) is 0 Å². The third-order valence-corrected chi connectivity index (χ3v) is 3.68. The molecule has 0 fully saturated rings. The summed E-state index contributed by atoms with van der Waals surface area (Å²) in [5.74, 6) is 2.02. The second-order valence-electron chi connectivity index (χ2n) is 4.74. The van der Waals surface area contributed by atoms with Crippen molar-refractivity contribution in [2.75, 3.05) is 18.1 Å². The maximum absolute atomic E-state index is 5.86. The highest BCUT2D eigenvalue weighted by Crippen LogP contribution is 2.34. The van der Waals surface area contributed by atoms with Gasteiger partial charge in [0, 0.05) is 24.0 Å². The summed E-state index contributed by atoms with van der Waals surface area (Å²) in [7, 11) is 0. The van der Waals surface area contributed by atoms with Crippen molar-refractivity contribution in [3.8, 4) is 5.75 Å². The van der Waals surface area contributed by atoms with Gasteiger partial charge in [0.2, 0.25) is 5.95 Å². The Labute approximate surface area is 123 Å². The van der Waals surface area contributed by atoms with Crippen LogP contribution >= 0.6 is 11.6 Å². The third-order valence-electron chi connectivity index (χ3n) is 3.39. The fourth-order valence-corrected chi connectivity index (χ4v) is 2.54. The van der Waals surface area contributed by atoms with Crippen LogP contribution in [-0.4, -0.2) is 23.1 Å². The van der Waals surface area contributed by atoms with E-state index in [-0.39, 0.29) is 0 Å². The predicted molar refractivity (Wildman–Crippen MR) is 79.9 cm³/mol. The van der Waals surface area contributed by atoms with Gasteiger partial charge >= 0.3 is 0 Å². The first-order valence-electron chi connectivity index (χ1n) is 6.67. The molecule has 1 aromatic carbocycles. The zero-order chi connectivity index (χ0) is 13.9. The van der Waals surface area contributed by atoms with Crippen LogP contribution in [0.5, 0.6) is 5.75 Å². The Kier molecular flexibility index (Phi) is 3.74. The van der Waals surface area contributed by atoms with Gasteiger partial charge in [-0.05, 0) is 25.5 Å². The molecule has 0 amide bonds. The summed E-state index contributed by atoms with van der Waals surface area (Å²) in [6, 6.07) is 7.99. The van der Waals surface area contributed by atoms with Gasteiger partial charge in [0.05, 0.1) is 18.2 Å². The zero-order valence-electron chi connectivity index (χ0n) is 11.3. The smallest absolute Gasteiger partial charge is 0.230 e. The number of hydrogen-bond acceptors (Lipinski definition) is 4. The maximum Gasteiger partial charge on any atom is 0.230 e. The molecule has 0 spiro atoms. The highest BCUT2D eigenvalue weighted by molar-refractivity contribution is 6.17. The average molecular weight is 290 g/mol. The number of aromatic nitrogens is 2. The van der Waals surface area contributed by atoms with E-state index in [1.54, 1.807) is 6.20 Å². The number of halogens is 1. The minimum atomic E-state index is 0.436. The van der Waals surface area contributed by atoms with Crippen molar-refractivity contribution in [3.63, 3.8) is 0 Å². The Morgan fingerprint density at radius 3 is 3.00 bits per heavy atom. The van der Waals surface area contributed by atoms with Crippen LogP contribution in [0.1, 0.15) is 17.7 Å². The predicted octanol–water partition coefficient (Wildman–Crippen LogP) is 3.44. The monoisotopic (exact) mass is 289 g/mol. The second kappa shape index (κ2) is 5.67. The number of ether oxygens (including phenoxy) is 1. The van der Waals surface area contributed by atoms with Crippen LogP contribution in [0.25, 0.3) is 0 Å². The molecule has 0 saturated heterocycles. The molecule has 1 aliphatic heterocycles. The van der Waals surface area contributed by atoms with Crippen LogP contribution in [0, 0.1) is 6.92 Å². The van der Waals surface area contributed by atoms with E-state index in [0.717, 1.165) is 35.7 Å². The Morgan fingerprint density at radius 1 is 1.35 bits per heavy atom. The first-order chi connectivity index (χ1) is 9.79. The molecule has 5 heteroatoms. The van der Waals surface area contributed by atoms with Gasteiger partial charge in [-0.15, -0.1) is 11.6 Å². The first-order valence-corrected chi connectivity index (χ1v) is 7.21. The van der Waals surface area contributed by atoms with Crippen LogP contribution in [0.3, 0.4) is 0 Å². The summed E-state index contributed by atoms with van der Waals surface area (Å²) < 4.78 is 5.76. The number of alkyl halides is 1. The molecule has 0 aliphatic carbocycles. The summed E-state index contributed by atoms with van der Waals surface area (Å²) in [5.41, 5.74) is 2.91. The molecular weight excluding hydrogens is 274 g/mol. The van der Waals surface area contributed by atoms with Crippen molar-refractivity contribution in [2.45, 2.75) is 19.2 Å². The number of rotatable bonds is 2. The molecule has 1 aliphatic rings. The minimum Gasteiger partial charge on any atom is -0.491 e. The van der Waals surface area contributed by atoms with E-state index in [2.05, 4.69) is 14.9 Å². The second-order valence-corrected chi connectivity index (χ2v) is 5.00. The van der Waals surface area contributed by atoms with Crippen molar-refractivity contribution >= 4 is 23.2 Å². The van der Waals surface area contributed by atoms with E-state index in [1.807, 2.05) is 31.2 Å². The Balaban J connectivity index is 2.03. The lowest BCUT2D eigenvalue weighted by atomic mass is 10.2. The number of benzene rings is 1. The molecule has 1 aromatic heterocycles.